The maximum Gasteiger partial charge on any atom is 0.352 e. The van der Waals surface area contributed by atoms with Crippen molar-refractivity contribution in [1.29, 1.82) is 0 Å². The number of para-hydroxylation sites is 1. The molecule has 0 aliphatic carbocycles. The van der Waals surface area contributed by atoms with Gasteiger partial charge in [0, 0.05) is 0 Å². The average Bonchev–Trinajstić information content (AvgIpc) is 2.64. The lowest BCUT2D eigenvalue weighted by Gasteiger charge is -2.08. The Kier molecular flexibility index (Phi) is 2.11. The minimum Gasteiger partial charge on any atom is -0.245 e. The van der Waals surface area contributed by atoms with E-state index in [1.165, 1.54) is 13.9 Å². The van der Waals surface area contributed by atoms with Crippen LogP contribution in [0.2, 0.25) is 0 Å². The Hall–Kier alpha value is -2.30. The van der Waals surface area contributed by atoms with Gasteiger partial charge >= 0.3 is 11.4 Å². The minimum atomic E-state index is -0.287. The molecule has 3 rings (SSSR count). The van der Waals surface area contributed by atoms with E-state index in [2.05, 4.69) is 0 Å². The monoisotopic (exact) mass is 229 g/mol. The zero-order chi connectivity index (χ0) is 11.8. The number of aromatic nitrogens is 3. The predicted molar refractivity (Wildman–Crippen MR) is 63.4 cm³/mol. The van der Waals surface area contributed by atoms with Crippen LogP contribution in [0.3, 0.4) is 0 Å². The quantitative estimate of drug-likeness (QED) is 0.663. The zero-order valence-corrected chi connectivity index (χ0v) is 9.11. The van der Waals surface area contributed by atoms with Gasteiger partial charge in [-0.15, -0.1) is 0 Å². The van der Waals surface area contributed by atoms with Gasteiger partial charge in [-0.3, -0.25) is 0 Å². The van der Waals surface area contributed by atoms with Gasteiger partial charge in [0.15, 0.2) is 0 Å². The predicted octanol–water partition coefficient (Wildman–Crippen LogP) is 0.370. The third-order valence-corrected chi connectivity index (χ3v) is 2.85. The summed E-state index contributed by atoms with van der Waals surface area (Å²) in [5.41, 5.74) is 0.0352. The number of hydrogen-bond donors (Lipinski definition) is 0. The second-order valence-corrected chi connectivity index (χ2v) is 3.87. The summed E-state index contributed by atoms with van der Waals surface area (Å²) in [6.45, 7) is 0.905. The van der Waals surface area contributed by atoms with Gasteiger partial charge in [0.05, 0.1) is 18.8 Å². The number of fused-ring (bicyclic) bond motifs is 1. The molecular weight excluding hydrogens is 218 g/mol. The molecule has 1 aromatic carbocycles. The van der Waals surface area contributed by atoms with Crippen molar-refractivity contribution in [1.82, 2.24) is 13.9 Å². The van der Waals surface area contributed by atoms with Crippen molar-refractivity contribution in [3.05, 3.63) is 63.5 Å². The van der Waals surface area contributed by atoms with Crippen molar-refractivity contribution in [2.75, 3.05) is 0 Å². The molecule has 0 radical (unpaired) electrons. The number of allylic oxidation sites excluding steroid dienone is 2. The first-order chi connectivity index (χ1) is 8.29. The van der Waals surface area contributed by atoms with Crippen LogP contribution < -0.4 is 11.4 Å². The molecule has 86 valence electrons. The Morgan fingerprint density at radius 3 is 1.88 bits per heavy atom. The van der Waals surface area contributed by atoms with E-state index in [4.69, 9.17) is 0 Å². The van der Waals surface area contributed by atoms with E-state index in [0.717, 1.165) is 0 Å². The largest absolute Gasteiger partial charge is 0.352 e. The third-order valence-electron chi connectivity index (χ3n) is 2.85. The summed E-state index contributed by atoms with van der Waals surface area (Å²) in [7, 11) is 0. The lowest BCUT2D eigenvalue weighted by Crippen LogP contribution is -2.28. The Morgan fingerprint density at radius 1 is 0.824 bits per heavy atom. The van der Waals surface area contributed by atoms with Crippen LogP contribution in [0.4, 0.5) is 0 Å². The Morgan fingerprint density at radius 2 is 1.35 bits per heavy atom. The smallest absolute Gasteiger partial charge is 0.245 e. The molecule has 0 amide bonds. The molecule has 0 spiro atoms. The van der Waals surface area contributed by atoms with E-state index in [1.54, 1.807) is 24.3 Å². The minimum absolute atomic E-state index is 0.287. The van der Waals surface area contributed by atoms with Gasteiger partial charge in [-0.25, -0.2) is 23.5 Å². The standard InChI is InChI=1S/C12H11N3O2/c16-11-13-8-4-5-9-14(13)12(17)15(11)10-6-2-1-3-7-10/h1-7H,8-9H2. The van der Waals surface area contributed by atoms with Gasteiger partial charge in [-0.2, -0.15) is 0 Å². The average molecular weight is 229 g/mol. The summed E-state index contributed by atoms with van der Waals surface area (Å²) in [6, 6.07) is 8.97. The molecule has 1 aromatic heterocycles. The highest BCUT2D eigenvalue weighted by Gasteiger charge is 2.16. The molecule has 0 N–H and O–H groups in total. The molecule has 2 heterocycles. The van der Waals surface area contributed by atoms with Crippen LogP contribution >= 0.6 is 0 Å². The van der Waals surface area contributed by atoms with Crippen LogP contribution in [0.1, 0.15) is 0 Å². The highest BCUT2D eigenvalue weighted by Crippen LogP contribution is 2.02. The number of benzene rings is 1. The highest BCUT2D eigenvalue weighted by atomic mass is 16.2. The topological polar surface area (TPSA) is 48.9 Å². The molecule has 0 fully saturated rings. The summed E-state index contributed by atoms with van der Waals surface area (Å²) in [5.74, 6) is 0. The first kappa shape index (κ1) is 9.89. The fraction of sp³-hybridized carbons (Fsp3) is 0.167. The summed E-state index contributed by atoms with van der Waals surface area (Å²) < 4.78 is 4.11. The van der Waals surface area contributed by atoms with Crippen LogP contribution in [0.25, 0.3) is 5.69 Å². The molecule has 5 nitrogen and oxygen atoms in total. The zero-order valence-electron chi connectivity index (χ0n) is 9.11. The molecule has 5 heteroatoms. The van der Waals surface area contributed by atoms with Crippen molar-refractivity contribution in [3.8, 4) is 5.69 Å². The molecule has 0 unspecified atom stereocenters. The molecule has 17 heavy (non-hydrogen) atoms. The second-order valence-electron chi connectivity index (χ2n) is 3.87. The molecule has 0 bridgehead atoms. The normalized spacial score (nSPS) is 13.6. The van der Waals surface area contributed by atoms with Crippen molar-refractivity contribution in [2.24, 2.45) is 0 Å². The Bertz CT molecular complexity index is 649. The molecule has 2 aromatic rings. The van der Waals surface area contributed by atoms with Crippen molar-refractivity contribution in [3.63, 3.8) is 0 Å². The first-order valence-electron chi connectivity index (χ1n) is 5.42. The molecule has 0 atom stereocenters. The van der Waals surface area contributed by atoms with Crippen LogP contribution in [0.5, 0.6) is 0 Å². The van der Waals surface area contributed by atoms with Gasteiger partial charge < -0.3 is 0 Å². The lowest BCUT2D eigenvalue weighted by molar-refractivity contribution is 0.482. The Balaban J connectivity index is 2.30. The summed E-state index contributed by atoms with van der Waals surface area (Å²) in [6.07, 6.45) is 3.77. The molecule has 1 aliphatic rings. The van der Waals surface area contributed by atoms with Gasteiger partial charge in [-0.1, -0.05) is 30.4 Å². The van der Waals surface area contributed by atoms with Gasteiger partial charge in [0.2, 0.25) is 0 Å². The molecule has 1 aliphatic heterocycles. The summed E-state index contributed by atoms with van der Waals surface area (Å²) >= 11 is 0. The molecule has 0 saturated carbocycles. The lowest BCUT2D eigenvalue weighted by atomic mass is 10.3. The molecular formula is C12H11N3O2. The van der Waals surface area contributed by atoms with E-state index in [0.29, 0.717) is 18.8 Å². The van der Waals surface area contributed by atoms with Crippen LogP contribution in [-0.4, -0.2) is 13.9 Å². The van der Waals surface area contributed by atoms with E-state index in [1.807, 2.05) is 18.2 Å². The number of nitrogens with zero attached hydrogens (tertiary/aromatic N) is 3. The highest BCUT2D eigenvalue weighted by molar-refractivity contribution is 5.30. The summed E-state index contributed by atoms with van der Waals surface area (Å²) in [4.78, 5) is 24.2. The fourth-order valence-corrected chi connectivity index (χ4v) is 2.02. The van der Waals surface area contributed by atoms with Gasteiger partial charge in [0.25, 0.3) is 0 Å². The molecule has 0 saturated heterocycles. The van der Waals surface area contributed by atoms with Crippen molar-refractivity contribution < 1.29 is 0 Å². The number of hydrogen-bond acceptors (Lipinski definition) is 2. The van der Waals surface area contributed by atoms with E-state index in [-0.39, 0.29) is 11.4 Å². The van der Waals surface area contributed by atoms with Gasteiger partial charge in [0.1, 0.15) is 0 Å². The van der Waals surface area contributed by atoms with Crippen LogP contribution in [0, 0.1) is 0 Å². The summed E-state index contributed by atoms with van der Waals surface area (Å²) in [5, 5.41) is 0. The van der Waals surface area contributed by atoms with E-state index in [9.17, 15) is 9.59 Å². The SMILES string of the molecule is O=c1n(-c2ccccc2)c(=O)n2n1CC=CC2. The second kappa shape index (κ2) is 3.62. The fourth-order valence-electron chi connectivity index (χ4n) is 2.02. The maximum atomic E-state index is 12.1. The van der Waals surface area contributed by atoms with Crippen molar-refractivity contribution >= 4 is 0 Å². The van der Waals surface area contributed by atoms with Gasteiger partial charge in [-0.05, 0) is 12.1 Å². The first-order valence-corrected chi connectivity index (χ1v) is 5.42. The van der Waals surface area contributed by atoms with E-state index >= 15 is 0 Å². The Labute approximate surface area is 96.8 Å². The van der Waals surface area contributed by atoms with Crippen LogP contribution in [0.15, 0.2) is 52.1 Å². The number of rotatable bonds is 1. The van der Waals surface area contributed by atoms with Crippen molar-refractivity contribution in [2.45, 2.75) is 13.1 Å². The van der Waals surface area contributed by atoms with Crippen LogP contribution in [-0.2, 0) is 13.1 Å². The third kappa shape index (κ3) is 1.39. The van der Waals surface area contributed by atoms with E-state index < -0.39 is 0 Å². The maximum absolute atomic E-state index is 12.1.